The minimum Gasteiger partial charge on any atom is -0.289 e. The van der Waals surface area contributed by atoms with E-state index in [1.165, 1.54) is 0 Å². The van der Waals surface area contributed by atoms with Gasteiger partial charge in [0.2, 0.25) is 0 Å². The second-order valence-electron chi connectivity index (χ2n) is 9.22. The van der Waals surface area contributed by atoms with Crippen LogP contribution in [0.15, 0.2) is 88.1 Å². The molecule has 0 radical (unpaired) electrons. The van der Waals surface area contributed by atoms with E-state index in [2.05, 4.69) is 69.8 Å². The summed E-state index contributed by atoms with van der Waals surface area (Å²) in [6, 6.07) is 19.7. The van der Waals surface area contributed by atoms with Gasteiger partial charge in [-0.1, -0.05) is 46.3 Å². The van der Waals surface area contributed by atoms with Crippen molar-refractivity contribution in [3.63, 3.8) is 0 Å². The van der Waals surface area contributed by atoms with Crippen LogP contribution in [0, 0.1) is 0 Å². The summed E-state index contributed by atoms with van der Waals surface area (Å²) in [6.07, 6.45) is 0. The van der Waals surface area contributed by atoms with Crippen LogP contribution in [0.3, 0.4) is 0 Å². The molecule has 0 aliphatic carbocycles. The summed E-state index contributed by atoms with van der Waals surface area (Å²) in [7, 11) is 0. The molecule has 6 heteroatoms. The van der Waals surface area contributed by atoms with Crippen LogP contribution in [-0.4, -0.2) is 0 Å². The Morgan fingerprint density at radius 1 is 0.389 bits per heavy atom. The second kappa shape index (κ2) is 7.13. The molecule has 0 bridgehead atoms. The van der Waals surface area contributed by atoms with Crippen LogP contribution in [-0.2, 0) is 0 Å². The Kier molecular flexibility index (Phi) is 4.30. The van der Waals surface area contributed by atoms with E-state index in [0.717, 1.165) is 77.1 Å². The number of hydrogen-bond acceptors (Lipinski definition) is 2. The lowest BCUT2D eigenvalue weighted by Gasteiger charge is -2.21. The maximum absolute atomic E-state index is 13.8. The quantitative estimate of drug-likeness (QED) is 0.115. The van der Waals surface area contributed by atoms with Gasteiger partial charge in [0.25, 0.3) is 0 Å². The zero-order chi connectivity index (χ0) is 24.6. The first-order valence-corrected chi connectivity index (χ1v) is 14.4. The van der Waals surface area contributed by atoms with E-state index in [1.54, 1.807) is 0 Å². The lowest BCUT2D eigenvalue weighted by atomic mass is 9.84. The summed E-state index contributed by atoms with van der Waals surface area (Å²) in [5, 5.41) is 12.5. The van der Waals surface area contributed by atoms with Gasteiger partial charge >= 0.3 is 0 Å². The SMILES string of the molecule is O=c1c2ccccc2c2cc3c(Br)cc4c(=O)c5ccc(Br)c(Br)c5c5c(Br)c6ccc1c2c6c3c45. The van der Waals surface area contributed by atoms with Crippen LogP contribution in [0.4, 0.5) is 0 Å². The predicted octanol–water partition coefficient (Wildman–Crippen LogP) is 9.84. The largest absolute Gasteiger partial charge is 0.289 e. The van der Waals surface area contributed by atoms with Crippen molar-refractivity contribution in [2.45, 2.75) is 0 Å². The highest BCUT2D eigenvalue weighted by Crippen LogP contribution is 2.51. The highest BCUT2D eigenvalue weighted by molar-refractivity contribution is 9.13. The van der Waals surface area contributed by atoms with Crippen molar-refractivity contribution in [2.24, 2.45) is 0 Å². The smallest absolute Gasteiger partial charge is 0.194 e. The molecule has 0 atom stereocenters. The van der Waals surface area contributed by atoms with Crippen molar-refractivity contribution in [1.29, 1.82) is 0 Å². The van der Waals surface area contributed by atoms with E-state index in [1.807, 2.05) is 54.6 Å². The topological polar surface area (TPSA) is 34.1 Å². The molecule has 0 heterocycles. The van der Waals surface area contributed by atoms with Gasteiger partial charge in [0.1, 0.15) is 0 Å². The summed E-state index contributed by atoms with van der Waals surface area (Å²) >= 11 is 15.1. The van der Waals surface area contributed by atoms with Gasteiger partial charge in [-0.05, 0) is 110 Å². The van der Waals surface area contributed by atoms with Crippen molar-refractivity contribution < 1.29 is 0 Å². The third-order valence-electron chi connectivity index (χ3n) is 7.58. The molecule has 8 aromatic rings. The minimum atomic E-state index is -0.00908. The van der Waals surface area contributed by atoms with Gasteiger partial charge in [-0.15, -0.1) is 0 Å². The van der Waals surface area contributed by atoms with Crippen LogP contribution in [0.2, 0.25) is 0 Å². The van der Waals surface area contributed by atoms with Crippen molar-refractivity contribution in [3.05, 3.63) is 99.0 Å². The summed E-state index contributed by atoms with van der Waals surface area (Å²) in [5.41, 5.74) is 0.0251. The monoisotopic (exact) mass is 718 g/mol. The van der Waals surface area contributed by atoms with E-state index in [4.69, 9.17) is 0 Å². The van der Waals surface area contributed by atoms with Crippen molar-refractivity contribution in [3.8, 4) is 0 Å². The Bertz CT molecular complexity index is 2400. The maximum Gasteiger partial charge on any atom is 0.194 e. The number of hydrogen-bond donors (Lipinski definition) is 0. The third kappa shape index (κ3) is 2.42. The molecule has 0 spiro atoms. The molecule has 0 aliphatic rings. The lowest BCUT2D eigenvalue weighted by Crippen LogP contribution is -2.07. The maximum atomic E-state index is 13.8. The summed E-state index contributed by atoms with van der Waals surface area (Å²) < 4.78 is 3.52. The van der Waals surface area contributed by atoms with Gasteiger partial charge in [0.15, 0.2) is 10.9 Å². The summed E-state index contributed by atoms with van der Waals surface area (Å²) in [5.74, 6) is 0. The van der Waals surface area contributed by atoms with Gasteiger partial charge in [0, 0.05) is 61.0 Å². The summed E-state index contributed by atoms with van der Waals surface area (Å²) in [6.45, 7) is 0. The Morgan fingerprint density at radius 3 is 1.81 bits per heavy atom. The molecule has 170 valence electrons. The average molecular weight is 722 g/mol. The molecule has 0 saturated heterocycles. The van der Waals surface area contributed by atoms with Crippen LogP contribution in [0.1, 0.15) is 0 Å². The molecule has 0 amide bonds. The van der Waals surface area contributed by atoms with Gasteiger partial charge in [0.05, 0.1) is 0 Å². The highest BCUT2D eigenvalue weighted by atomic mass is 79.9. The fourth-order valence-electron chi connectivity index (χ4n) is 6.12. The van der Waals surface area contributed by atoms with Crippen LogP contribution >= 0.6 is 63.7 Å². The van der Waals surface area contributed by atoms with Gasteiger partial charge < -0.3 is 0 Å². The first-order chi connectivity index (χ1) is 17.4. The average Bonchev–Trinajstić information content (AvgIpc) is 2.89. The molecule has 0 aliphatic heterocycles. The zero-order valence-corrected chi connectivity index (χ0v) is 24.4. The van der Waals surface area contributed by atoms with Crippen LogP contribution in [0.5, 0.6) is 0 Å². The Morgan fingerprint density at radius 2 is 1.00 bits per heavy atom. The summed E-state index contributed by atoms with van der Waals surface area (Å²) in [4.78, 5) is 27.4. The number of benzene rings is 8. The molecule has 0 N–H and O–H groups in total. The van der Waals surface area contributed by atoms with E-state index in [9.17, 15) is 9.59 Å². The Labute approximate surface area is 236 Å². The molecule has 8 rings (SSSR count). The molecular weight excluding hydrogens is 712 g/mol. The number of fused-ring (bicyclic) bond motifs is 4. The molecule has 8 aromatic carbocycles. The van der Waals surface area contributed by atoms with E-state index < -0.39 is 0 Å². The van der Waals surface area contributed by atoms with Gasteiger partial charge in [-0.25, -0.2) is 0 Å². The van der Waals surface area contributed by atoms with Gasteiger partial charge in [-0.3, -0.25) is 9.59 Å². The third-order valence-corrected chi connectivity index (χ3v) is 11.1. The molecule has 0 aromatic heterocycles. The molecule has 2 nitrogen and oxygen atoms in total. The van der Waals surface area contributed by atoms with E-state index >= 15 is 0 Å². The standard InChI is InChI=1S/C30H10Br4O2/c31-19-8-7-15-25(28(19)34)26-24-18(30(15)36)10-20(32)17-9-16-11-3-1-2-4-12(11)29(35)14-6-5-13(27(26)33)22(21(14)16)23(17)24/h1-10H. The number of halogens is 4. The molecular formula is C30H10Br4O2. The van der Waals surface area contributed by atoms with Crippen LogP contribution in [0.25, 0.3) is 75.4 Å². The first kappa shape index (κ1) is 21.7. The van der Waals surface area contributed by atoms with E-state index in [-0.39, 0.29) is 10.9 Å². The lowest BCUT2D eigenvalue weighted by molar-refractivity contribution is 1.65. The fraction of sp³-hybridized carbons (Fsp3) is 0. The van der Waals surface area contributed by atoms with Crippen molar-refractivity contribution in [1.82, 2.24) is 0 Å². The normalized spacial score (nSPS) is 12.7. The van der Waals surface area contributed by atoms with Crippen molar-refractivity contribution >= 4 is 139 Å². The first-order valence-electron chi connectivity index (χ1n) is 11.2. The Balaban J connectivity index is 1.85. The molecule has 36 heavy (non-hydrogen) atoms. The molecule has 0 fully saturated rings. The molecule has 0 saturated carbocycles. The van der Waals surface area contributed by atoms with Gasteiger partial charge in [-0.2, -0.15) is 0 Å². The zero-order valence-electron chi connectivity index (χ0n) is 18.1. The Hall–Kier alpha value is -2.38. The molecule has 0 unspecified atom stereocenters. The predicted molar refractivity (Wildman–Crippen MR) is 166 cm³/mol. The second-order valence-corrected chi connectivity index (χ2v) is 12.5. The minimum absolute atomic E-state index is 0.00908. The van der Waals surface area contributed by atoms with Crippen molar-refractivity contribution in [2.75, 3.05) is 0 Å². The highest BCUT2D eigenvalue weighted by Gasteiger charge is 2.26. The van der Waals surface area contributed by atoms with Crippen LogP contribution < -0.4 is 10.9 Å². The fourth-order valence-corrected chi connectivity index (χ4v) is 8.26. The van der Waals surface area contributed by atoms with E-state index in [0.29, 0.717) is 16.2 Å². The number of rotatable bonds is 0.